The van der Waals surface area contributed by atoms with Crippen molar-refractivity contribution in [2.24, 2.45) is 0 Å². The van der Waals surface area contributed by atoms with Gasteiger partial charge in [0.2, 0.25) is 5.91 Å². The van der Waals surface area contributed by atoms with Crippen molar-refractivity contribution in [1.82, 2.24) is 0 Å². The molecular weight excluding hydrogens is 364 g/mol. The van der Waals surface area contributed by atoms with E-state index in [-0.39, 0.29) is 12.5 Å². The molecule has 1 aliphatic heterocycles. The molecule has 5 heteroatoms. The van der Waals surface area contributed by atoms with Gasteiger partial charge in [0.25, 0.3) is 5.91 Å². The van der Waals surface area contributed by atoms with Crippen LogP contribution in [0.1, 0.15) is 22.3 Å². The number of hydrogen-bond acceptors (Lipinski definition) is 3. The van der Waals surface area contributed by atoms with Gasteiger partial charge in [0, 0.05) is 11.3 Å². The Kier molecular flexibility index (Phi) is 4.68. The van der Waals surface area contributed by atoms with Crippen LogP contribution in [0.4, 0.5) is 11.4 Å². The molecule has 4 rings (SSSR count). The number of fused-ring (bicyclic) bond motifs is 1. The fourth-order valence-corrected chi connectivity index (χ4v) is 3.77. The van der Waals surface area contributed by atoms with Crippen LogP contribution in [-0.2, 0) is 15.2 Å². The standard InChI is InChI=1S/C24H22N2O3/c1-16-9-8-13-20(17(16)2)25-22(27)15-26-21-14-7-6-12-19(21)24(29,23(26)28)18-10-4-3-5-11-18/h3-14,29H,15H2,1-2H3,(H,25,27)/t24-/m1/s1. The van der Waals surface area contributed by atoms with Gasteiger partial charge in [-0.15, -0.1) is 0 Å². The molecule has 0 saturated heterocycles. The van der Waals surface area contributed by atoms with Crippen LogP contribution < -0.4 is 10.2 Å². The molecule has 2 amide bonds. The van der Waals surface area contributed by atoms with Crippen molar-refractivity contribution in [3.63, 3.8) is 0 Å². The highest BCUT2D eigenvalue weighted by atomic mass is 16.3. The van der Waals surface area contributed by atoms with E-state index < -0.39 is 11.5 Å². The Morgan fingerprint density at radius 2 is 1.66 bits per heavy atom. The van der Waals surface area contributed by atoms with Crippen LogP contribution in [0.2, 0.25) is 0 Å². The predicted octanol–water partition coefficient (Wildman–Crippen LogP) is 3.52. The number of nitrogens with one attached hydrogen (secondary N) is 1. The number of aryl methyl sites for hydroxylation is 1. The lowest BCUT2D eigenvalue weighted by molar-refractivity contribution is -0.133. The molecular formula is C24H22N2O3. The Morgan fingerprint density at radius 1 is 0.966 bits per heavy atom. The molecule has 29 heavy (non-hydrogen) atoms. The van der Waals surface area contributed by atoms with Gasteiger partial charge < -0.3 is 10.4 Å². The third-order valence-corrected chi connectivity index (χ3v) is 5.51. The lowest BCUT2D eigenvalue weighted by Crippen LogP contribution is -2.44. The van der Waals surface area contributed by atoms with E-state index in [1.54, 1.807) is 48.5 Å². The second-order valence-corrected chi connectivity index (χ2v) is 7.28. The van der Waals surface area contributed by atoms with E-state index in [9.17, 15) is 14.7 Å². The quantitative estimate of drug-likeness (QED) is 0.721. The number of anilines is 2. The van der Waals surface area contributed by atoms with E-state index in [2.05, 4.69) is 5.32 Å². The zero-order valence-corrected chi connectivity index (χ0v) is 16.3. The van der Waals surface area contributed by atoms with Crippen LogP contribution in [0.25, 0.3) is 0 Å². The minimum absolute atomic E-state index is 0.182. The summed E-state index contributed by atoms with van der Waals surface area (Å²) in [4.78, 5) is 27.4. The van der Waals surface area contributed by atoms with Crippen LogP contribution in [0.5, 0.6) is 0 Å². The molecule has 5 nitrogen and oxygen atoms in total. The lowest BCUT2D eigenvalue weighted by Gasteiger charge is -2.23. The summed E-state index contributed by atoms with van der Waals surface area (Å²) in [6, 6.07) is 21.5. The molecule has 1 aliphatic rings. The van der Waals surface area contributed by atoms with Crippen molar-refractivity contribution < 1.29 is 14.7 Å². The Balaban J connectivity index is 1.66. The number of amides is 2. The maximum atomic E-state index is 13.3. The van der Waals surface area contributed by atoms with Crippen LogP contribution >= 0.6 is 0 Å². The maximum absolute atomic E-state index is 13.3. The molecule has 146 valence electrons. The molecule has 2 N–H and O–H groups in total. The fourth-order valence-electron chi connectivity index (χ4n) is 3.77. The Bertz CT molecular complexity index is 1090. The van der Waals surface area contributed by atoms with Gasteiger partial charge in [0.1, 0.15) is 6.54 Å². The monoisotopic (exact) mass is 386 g/mol. The van der Waals surface area contributed by atoms with E-state index in [4.69, 9.17) is 0 Å². The summed E-state index contributed by atoms with van der Waals surface area (Å²) in [6.07, 6.45) is 0. The summed E-state index contributed by atoms with van der Waals surface area (Å²) < 4.78 is 0. The van der Waals surface area contributed by atoms with Gasteiger partial charge in [0.15, 0.2) is 5.60 Å². The summed E-state index contributed by atoms with van der Waals surface area (Å²) in [7, 11) is 0. The summed E-state index contributed by atoms with van der Waals surface area (Å²) in [5.74, 6) is -0.847. The molecule has 0 radical (unpaired) electrons. The molecule has 0 fully saturated rings. The highest BCUT2D eigenvalue weighted by Gasteiger charge is 2.51. The Labute approximate surface area is 169 Å². The Hall–Kier alpha value is -3.44. The fraction of sp³-hybridized carbons (Fsp3) is 0.167. The maximum Gasteiger partial charge on any atom is 0.268 e. The number of para-hydroxylation sites is 1. The largest absolute Gasteiger partial charge is 0.372 e. The minimum atomic E-state index is -1.81. The number of benzene rings is 3. The summed E-state index contributed by atoms with van der Waals surface area (Å²) >= 11 is 0. The molecule has 0 aromatic heterocycles. The van der Waals surface area contributed by atoms with Gasteiger partial charge in [-0.3, -0.25) is 14.5 Å². The number of rotatable bonds is 4. The van der Waals surface area contributed by atoms with E-state index >= 15 is 0 Å². The summed E-state index contributed by atoms with van der Waals surface area (Å²) in [5.41, 5.74) is 2.47. The highest BCUT2D eigenvalue weighted by Crippen LogP contribution is 2.44. The summed E-state index contributed by atoms with van der Waals surface area (Å²) in [6.45, 7) is 3.74. The number of carbonyl (C=O) groups excluding carboxylic acids is 2. The number of carbonyl (C=O) groups is 2. The van der Waals surface area contributed by atoms with Crippen molar-refractivity contribution in [2.45, 2.75) is 19.4 Å². The molecule has 3 aromatic carbocycles. The first-order valence-electron chi connectivity index (χ1n) is 9.48. The molecule has 0 unspecified atom stereocenters. The van der Waals surface area contributed by atoms with E-state index in [0.717, 1.165) is 11.1 Å². The highest BCUT2D eigenvalue weighted by molar-refractivity contribution is 6.12. The van der Waals surface area contributed by atoms with Crippen LogP contribution in [0, 0.1) is 13.8 Å². The van der Waals surface area contributed by atoms with Gasteiger partial charge in [-0.25, -0.2) is 0 Å². The van der Waals surface area contributed by atoms with Crippen molar-refractivity contribution >= 4 is 23.2 Å². The van der Waals surface area contributed by atoms with Crippen molar-refractivity contribution in [3.05, 3.63) is 95.1 Å². The SMILES string of the molecule is Cc1cccc(NC(=O)CN2C(=O)[C@@](O)(c3ccccc3)c3ccccc32)c1C. The van der Waals surface area contributed by atoms with Crippen LogP contribution in [-0.4, -0.2) is 23.5 Å². The van der Waals surface area contributed by atoms with E-state index in [1.807, 2.05) is 38.1 Å². The number of nitrogens with zero attached hydrogens (tertiary/aromatic N) is 1. The smallest absolute Gasteiger partial charge is 0.268 e. The molecule has 0 spiro atoms. The molecule has 0 saturated carbocycles. The molecule has 1 heterocycles. The van der Waals surface area contributed by atoms with Crippen LogP contribution in [0.15, 0.2) is 72.8 Å². The van der Waals surface area contributed by atoms with Crippen molar-refractivity contribution in [1.29, 1.82) is 0 Å². The third kappa shape index (κ3) is 3.09. The first-order chi connectivity index (χ1) is 13.9. The van der Waals surface area contributed by atoms with Gasteiger partial charge >= 0.3 is 0 Å². The molecule has 0 bridgehead atoms. The van der Waals surface area contributed by atoms with Gasteiger partial charge in [-0.2, -0.15) is 0 Å². The average molecular weight is 386 g/mol. The predicted molar refractivity (Wildman–Crippen MR) is 113 cm³/mol. The first kappa shape index (κ1) is 18.9. The van der Waals surface area contributed by atoms with Crippen molar-refractivity contribution in [3.8, 4) is 0 Å². The molecule has 1 atom stereocenters. The Morgan fingerprint density at radius 3 is 2.41 bits per heavy atom. The van der Waals surface area contributed by atoms with Gasteiger partial charge in [0.05, 0.1) is 5.69 Å². The molecule has 3 aromatic rings. The van der Waals surface area contributed by atoms with Gasteiger partial charge in [-0.1, -0.05) is 60.7 Å². The number of hydrogen-bond donors (Lipinski definition) is 2. The van der Waals surface area contributed by atoms with Gasteiger partial charge in [-0.05, 0) is 42.7 Å². The second-order valence-electron chi connectivity index (χ2n) is 7.28. The van der Waals surface area contributed by atoms with Crippen molar-refractivity contribution in [2.75, 3.05) is 16.8 Å². The van der Waals surface area contributed by atoms with Crippen LogP contribution in [0.3, 0.4) is 0 Å². The average Bonchev–Trinajstić information content (AvgIpc) is 2.95. The zero-order chi connectivity index (χ0) is 20.6. The number of aliphatic hydroxyl groups is 1. The first-order valence-corrected chi connectivity index (χ1v) is 9.48. The zero-order valence-electron chi connectivity index (χ0n) is 16.3. The third-order valence-electron chi connectivity index (χ3n) is 5.51. The second kappa shape index (κ2) is 7.18. The topological polar surface area (TPSA) is 69.6 Å². The van der Waals surface area contributed by atoms with E-state index in [0.29, 0.717) is 22.5 Å². The summed E-state index contributed by atoms with van der Waals surface area (Å²) in [5, 5.41) is 14.3. The lowest BCUT2D eigenvalue weighted by atomic mass is 9.88. The van der Waals surface area contributed by atoms with E-state index in [1.165, 1.54) is 4.90 Å². The minimum Gasteiger partial charge on any atom is -0.372 e. The molecule has 0 aliphatic carbocycles. The normalized spacial score (nSPS) is 17.9.